The third-order valence-corrected chi connectivity index (χ3v) is 5.61. The summed E-state index contributed by atoms with van der Waals surface area (Å²) in [6.07, 6.45) is 0. The largest absolute Gasteiger partial charge is 0.372 e. The summed E-state index contributed by atoms with van der Waals surface area (Å²) in [5.41, 5.74) is 3.52. The van der Waals surface area contributed by atoms with Gasteiger partial charge in [0.25, 0.3) is 0 Å². The zero-order valence-corrected chi connectivity index (χ0v) is 17.2. The second-order valence-electron chi connectivity index (χ2n) is 6.28. The molecule has 0 radical (unpaired) electrons. The van der Waals surface area contributed by atoms with E-state index in [9.17, 15) is 13.2 Å². The maximum Gasteiger partial charge on any atom is 0.241 e. The van der Waals surface area contributed by atoms with E-state index in [-0.39, 0.29) is 23.8 Å². The number of hydrogen-bond acceptors (Lipinski definition) is 5. The summed E-state index contributed by atoms with van der Waals surface area (Å²) in [6.45, 7) is 4.14. The van der Waals surface area contributed by atoms with Crippen molar-refractivity contribution < 1.29 is 17.9 Å². The van der Waals surface area contributed by atoms with Gasteiger partial charge in [-0.25, -0.2) is 13.1 Å². The van der Waals surface area contributed by atoms with E-state index in [0.717, 1.165) is 23.2 Å². The Kier molecular flexibility index (Phi) is 7.97. The summed E-state index contributed by atoms with van der Waals surface area (Å²) in [5.74, 6) is -0.427. The monoisotopic (exact) mass is 425 g/mol. The molecule has 0 aromatic heterocycles. The molecule has 1 aliphatic heterocycles. The summed E-state index contributed by atoms with van der Waals surface area (Å²) in [6, 6.07) is 12.3. The number of sulfonamides is 1. The Hall–Kier alpha value is -1.97. The molecule has 2 aromatic carbocycles. The number of hydrogen-bond donors (Lipinski definition) is 3. The summed E-state index contributed by atoms with van der Waals surface area (Å²) >= 11 is 0. The summed E-state index contributed by atoms with van der Waals surface area (Å²) in [4.78, 5) is 12.3. The molecule has 0 saturated heterocycles. The Balaban J connectivity index is 0.00000280. The molecular formula is C19H24ClN3O4S. The Labute approximate surface area is 171 Å². The molecule has 152 valence electrons. The Morgan fingerprint density at radius 2 is 1.89 bits per heavy atom. The van der Waals surface area contributed by atoms with Crippen molar-refractivity contribution in [3.8, 4) is 0 Å². The molecule has 2 aromatic rings. The number of carbonyl (C=O) groups is 1. The molecule has 28 heavy (non-hydrogen) atoms. The van der Waals surface area contributed by atoms with Gasteiger partial charge in [-0.1, -0.05) is 25.1 Å². The van der Waals surface area contributed by atoms with Crippen molar-refractivity contribution in [2.24, 2.45) is 0 Å². The first-order valence-electron chi connectivity index (χ1n) is 8.76. The van der Waals surface area contributed by atoms with Crippen molar-refractivity contribution in [1.82, 2.24) is 10.0 Å². The number of halogens is 1. The molecule has 1 heterocycles. The fourth-order valence-corrected chi connectivity index (χ4v) is 3.83. The standard InChI is InChI=1S/C19H23N3O4S.ClH/c1-2-20-10-14-4-3-5-17(8-14)22-19(23)11-21-27(24,25)18-7-6-15-12-26-13-16(15)9-18;/h3-9,20-21H,2,10-13H2,1H3,(H,22,23);1H. The highest BCUT2D eigenvalue weighted by atomic mass is 35.5. The van der Waals surface area contributed by atoms with E-state index in [4.69, 9.17) is 4.74 Å². The molecule has 0 aliphatic carbocycles. The van der Waals surface area contributed by atoms with E-state index >= 15 is 0 Å². The van der Waals surface area contributed by atoms with Crippen molar-refractivity contribution in [3.63, 3.8) is 0 Å². The lowest BCUT2D eigenvalue weighted by atomic mass is 10.1. The first-order valence-corrected chi connectivity index (χ1v) is 10.2. The van der Waals surface area contributed by atoms with Gasteiger partial charge < -0.3 is 15.4 Å². The van der Waals surface area contributed by atoms with E-state index < -0.39 is 15.9 Å². The van der Waals surface area contributed by atoms with Crippen LogP contribution in [0.3, 0.4) is 0 Å². The molecule has 9 heteroatoms. The van der Waals surface area contributed by atoms with Crippen LogP contribution >= 0.6 is 12.4 Å². The third-order valence-electron chi connectivity index (χ3n) is 4.22. The zero-order chi connectivity index (χ0) is 19.3. The molecule has 1 amide bonds. The normalized spacial score (nSPS) is 12.9. The van der Waals surface area contributed by atoms with Crippen LogP contribution in [0.15, 0.2) is 47.4 Å². The summed E-state index contributed by atoms with van der Waals surface area (Å²) in [5, 5.41) is 5.92. The fraction of sp³-hybridized carbons (Fsp3) is 0.316. The minimum Gasteiger partial charge on any atom is -0.372 e. The highest BCUT2D eigenvalue weighted by Gasteiger charge is 2.19. The average Bonchev–Trinajstić information content (AvgIpc) is 3.13. The predicted octanol–water partition coefficient (Wildman–Crippen LogP) is 2.17. The number of fused-ring (bicyclic) bond motifs is 1. The van der Waals surface area contributed by atoms with Crippen molar-refractivity contribution in [2.75, 3.05) is 18.4 Å². The van der Waals surface area contributed by atoms with Crippen LogP contribution in [0.1, 0.15) is 23.6 Å². The lowest BCUT2D eigenvalue weighted by Gasteiger charge is -2.10. The molecule has 3 rings (SSSR count). The van der Waals surface area contributed by atoms with Gasteiger partial charge >= 0.3 is 0 Å². The number of carbonyl (C=O) groups excluding carboxylic acids is 1. The molecule has 0 bridgehead atoms. The van der Waals surface area contributed by atoms with Crippen LogP contribution in [0.25, 0.3) is 0 Å². The molecule has 0 atom stereocenters. The van der Waals surface area contributed by atoms with E-state index in [2.05, 4.69) is 15.4 Å². The highest BCUT2D eigenvalue weighted by Crippen LogP contribution is 2.22. The average molecular weight is 426 g/mol. The van der Waals surface area contributed by atoms with Gasteiger partial charge in [-0.3, -0.25) is 4.79 Å². The van der Waals surface area contributed by atoms with Crippen LogP contribution in [0, 0.1) is 0 Å². The van der Waals surface area contributed by atoms with Gasteiger partial charge in [0.05, 0.1) is 24.7 Å². The summed E-state index contributed by atoms with van der Waals surface area (Å²) < 4.78 is 32.5. The highest BCUT2D eigenvalue weighted by molar-refractivity contribution is 7.89. The van der Waals surface area contributed by atoms with Gasteiger partial charge in [0, 0.05) is 12.2 Å². The van der Waals surface area contributed by atoms with Crippen LogP contribution in [-0.2, 0) is 39.3 Å². The van der Waals surface area contributed by atoms with Crippen molar-refractivity contribution >= 4 is 34.0 Å². The van der Waals surface area contributed by atoms with E-state index in [1.54, 1.807) is 18.2 Å². The van der Waals surface area contributed by atoms with Crippen molar-refractivity contribution in [3.05, 3.63) is 59.2 Å². The lowest BCUT2D eigenvalue weighted by molar-refractivity contribution is -0.115. The van der Waals surface area contributed by atoms with Crippen LogP contribution in [0.5, 0.6) is 0 Å². The second kappa shape index (κ2) is 9.99. The van der Waals surface area contributed by atoms with E-state index in [0.29, 0.717) is 25.4 Å². The van der Waals surface area contributed by atoms with Crippen LogP contribution in [0.4, 0.5) is 5.69 Å². The van der Waals surface area contributed by atoms with Gasteiger partial charge in [0.15, 0.2) is 0 Å². The van der Waals surface area contributed by atoms with Gasteiger partial charge in [0.2, 0.25) is 15.9 Å². The number of ether oxygens (including phenoxy) is 1. The second-order valence-corrected chi connectivity index (χ2v) is 8.04. The number of nitrogens with one attached hydrogen (secondary N) is 3. The molecule has 0 fully saturated rings. The number of rotatable bonds is 8. The van der Waals surface area contributed by atoms with Crippen molar-refractivity contribution in [1.29, 1.82) is 0 Å². The van der Waals surface area contributed by atoms with E-state index in [1.807, 2.05) is 25.1 Å². The minimum absolute atomic E-state index is 0. The number of amides is 1. The number of anilines is 1. The predicted molar refractivity (Wildman–Crippen MR) is 110 cm³/mol. The van der Waals surface area contributed by atoms with Gasteiger partial charge in [0.1, 0.15) is 0 Å². The lowest BCUT2D eigenvalue weighted by Crippen LogP contribution is -2.33. The topological polar surface area (TPSA) is 96.5 Å². The van der Waals surface area contributed by atoms with Gasteiger partial charge in [-0.2, -0.15) is 0 Å². The van der Waals surface area contributed by atoms with Gasteiger partial charge in [-0.05, 0) is 47.5 Å². The molecule has 0 unspecified atom stereocenters. The van der Waals surface area contributed by atoms with Crippen molar-refractivity contribution in [2.45, 2.75) is 31.6 Å². The molecule has 0 saturated carbocycles. The van der Waals surface area contributed by atoms with Crippen LogP contribution in [0.2, 0.25) is 0 Å². The molecule has 3 N–H and O–H groups in total. The molecule has 0 spiro atoms. The van der Waals surface area contributed by atoms with Gasteiger partial charge in [-0.15, -0.1) is 12.4 Å². The molecule has 7 nitrogen and oxygen atoms in total. The Bertz CT molecular complexity index is 935. The minimum atomic E-state index is -3.77. The maximum atomic E-state index is 12.4. The fourth-order valence-electron chi connectivity index (χ4n) is 2.79. The first-order chi connectivity index (χ1) is 13.0. The molecular weight excluding hydrogens is 402 g/mol. The third kappa shape index (κ3) is 5.76. The van der Waals surface area contributed by atoms with E-state index in [1.165, 1.54) is 6.07 Å². The first kappa shape index (κ1) is 22.3. The maximum absolute atomic E-state index is 12.4. The summed E-state index contributed by atoms with van der Waals surface area (Å²) in [7, 11) is -3.77. The quantitative estimate of drug-likeness (QED) is 0.602. The van der Waals surface area contributed by atoms with Crippen LogP contribution < -0.4 is 15.4 Å². The zero-order valence-electron chi connectivity index (χ0n) is 15.5. The number of benzene rings is 2. The van der Waals surface area contributed by atoms with Crippen LogP contribution in [-0.4, -0.2) is 27.4 Å². The SMILES string of the molecule is CCNCc1cccc(NC(=O)CNS(=O)(=O)c2ccc3c(c2)COC3)c1.Cl. The Morgan fingerprint density at radius 1 is 1.11 bits per heavy atom. The smallest absolute Gasteiger partial charge is 0.241 e. The molecule has 1 aliphatic rings. The Morgan fingerprint density at radius 3 is 2.68 bits per heavy atom.